The lowest BCUT2D eigenvalue weighted by Gasteiger charge is -2.19. The lowest BCUT2D eigenvalue weighted by Crippen LogP contribution is -2.42. The van der Waals surface area contributed by atoms with Gasteiger partial charge in [0.15, 0.2) is 0 Å². The van der Waals surface area contributed by atoms with Crippen LogP contribution in [-0.4, -0.2) is 40.5 Å². The third-order valence-corrected chi connectivity index (χ3v) is 4.97. The molecule has 0 saturated carbocycles. The highest BCUT2D eigenvalue weighted by Gasteiger charge is 2.46. The highest BCUT2D eigenvalue weighted by Crippen LogP contribution is 2.32. The van der Waals surface area contributed by atoms with Crippen molar-refractivity contribution in [3.63, 3.8) is 0 Å². The molecule has 2 aliphatic heterocycles. The van der Waals surface area contributed by atoms with Crippen LogP contribution in [0.3, 0.4) is 0 Å². The maximum absolute atomic E-state index is 13.7. The van der Waals surface area contributed by atoms with Crippen LogP contribution in [0.15, 0.2) is 18.2 Å². The average Bonchev–Trinajstić information content (AvgIpc) is 2.93. The zero-order chi connectivity index (χ0) is 14.3. The second kappa shape index (κ2) is 5.26. The van der Waals surface area contributed by atoms with Gasteiger partial charge >= 0.3 is 0 Å². The summed E-state index contributed by atoms with van der Waals surface area (Å²) in [4.78, 5) is 13.7. The zero-order valence-corrected chi connectivity index (χ0v) is 12.0. The fraction of sp³-hybridized carbons (Fsp3) is 0.385. The SMILES string of the molecule is N=C1O[C@@H]2CSC[C@H]2N1C(=O)Cc1c(F)cccc1Cl. The molecule has 1 aromatic carbocycles. The van der Waals surface area contributed by atoms with E-state index in [0.29, 0.717) is 0 Å². The molecule has 2 heterocycles. The molecule has 0 aromatic heterocycles. The monoisotopic (exact) mass is 314 g/mol. The van der Waals surface area contributed by atoms with Gasteiger partial charge in [0.1, 0.15) is 11.9 Å². The summed E-state index contributed by atoms with van der Waals surface area (Å²) in [7, 11) is 0. The molecule has 0 unspecified atom stereocenters. The highest BCUT2D eigenvalue weighted by atomic mass is 35.5. The van der Waals surface area contributed by atoms with E-state index in [1.54, 1.807) is 17.8 Å². The number of rotatable bonds is 2. The molecule has 0 aliphatic carbocycles. The van der Waals surface area contributed by atoms with Crippen molar-refractivity contribution >= 4 is 35.3 Å². The maximum atomic E-state index is 13.7. The summed E-state index contributed by atoms with van der Waals surface area (Å²) in [6, 6.07) is 4.06. The first-order valence-corrected chi connectivity index (χ1v) is 7.69. The van der Waals surface area contributed by atoms with Crippen LogP contribution in [0, 0.1) is 11.2 Å². The predicted molar refractivity (Wildman–Crippen MR) is 75.7 cm³/mol. The molecular weight excluding hydrogens is 303 g/mol. The Labute approximate surface area is 124 Å². The molecule has 3 rings (SSSR count). The number of carbonyl (C=O) groups excluding carboxylic acids is 1. The third-order valence-electron chi connectivity index (χ3n) is 3.47. The Kier molecular flexibility index (Phi) is 3.60. The minimum absolute atomic E-state index is 0.118. The number of fused-ring (bicyclic) bond motifs is 1. The smallest absolute Gasteiger partial charge is 0.292 e. The van der Waals surface area contributed by atoms with Gasteiger partial charge in [-0.1, -0.05) is 17.7 Å². The van der Waals surface area contributed by atoms with E-state index < -0.39 is 5.82 Å². The minimum Gasteiger partial charge on any atom is -0.459 e. The fourth-order valence-corrected chi connectivity index (χ4v) is 3.96. The number of hydrogen-bond donors (Lipinski definition) is 1. The van der Waals surface area contributed by atoms with Gasteiger partial charge in [-0.3, -0.25) is 15.1 Å². The second-order valence-electron chi connectivity index (χ2n) is 4.71. The van der Waals surface area contributed by atoms with Gasteiger partial charge in [0.05, 0.1) is 12.5 Å². The van der Waals surface area contributed by atoms with Gasteiger partial charge in [-0.05, 0) is 12.1 Å². The van der Waals surface area contributed by atoms with Crippen molar-refractivity contribution in [2.24, 2.45) is 0 Å². The first kappa shape index (κ1) is 13.7. The van der Waals surface area contributed by atoms with Crippen molar-refractivity contribution in [3.05, 3.63) is 34.6 Å². The molecule has 0 bridgehead atoms. The van der Waals surface area contributed by atoms with E-state index in [4.69, 9.17) is 21.7 Å². The number of thioether (sulfide) groups is 1. The molecule has 20 heavy (non-hydrogen) atoms. The van der Waals surface area contributed by atoms with Gasteiger partial charge in [0.2, 0.25) is 5.91 Å². The van der Waals surface area contributed by atoms with Crippen LogP contribution in [0.1, 0.15) is 5.56 Å². The Morgan fingerprint density at radius 3 is 3.10 bits per heavy atom. The standard InChI is InChI=1S/C13H12ClFN2O2S/c14-8-2-1-3-9(15)7(8)4-12(18)17-10-5-20-6-11(10)19-13(17)16/h1-3,10-11,16H,4-6H2/t10-,11-/m1/s1. The van der Waals surface area contributed by atoms with E-state index in [9.17, 15) is 9.18 Å². The Hall–Kier alpha value is -1.27. The summed E-state index contributed by atoms with van der Waals surface area (Å²) in [6.07, 6.45) is -0.280. The molecule has 4 nitrogen and oxygen atoms in total. The summed E-state index contributed by atoms with van der Waals surface area (Å²) in [5.74, 6) is 0.660. The zero-order valence-electron chi connectivity index (χ0n) is 10.4. The quantitative estimate of drug-likeness (QED) is 0.911. The number of amidine groups is 1. The molecule has 2 fully saturated rings. The van der Waals surface area contributed by atoms with Crippen molar-refractivity contribution in [2.75, 3.05) is 11.5 Å². The minimum atomic E-state index is -0.505. The van der Waals surface area contributed by atoms with Crippen LogP contribution in [0.25, 0.3) is 0 Å². The molecule has 0 spiro atoms. The predicted octanol–water partition coefficient (Wildman–Crippen LogP) is 2.30. The lowest BCUT2D eigenvalue weighted by molar-refractivity contribution is -0.127. The van der Waals surface area contributed by atoms with Gasteiger partial charge in [0.25, 0.3) is 6.02 Å². The third kappa shape index (κ3) is 2.27. The molecule has 1 aromatic rings. The molecule has 106 valence electrons. The molecule has 0 radical (unpaired) electrons. The lowest BCUT2D eigenvalue weighted by atomic mass is 10.1. The van der Waals surface area contributed by atoms with Crippen LogP contribution < -0.4 is 0 Å². The van der Waals surface area contributed by atoms with E-state index in [2.05, 4.69) is 0 Å². The van der Waals surface area contributed by atoms with Gasteiger partial charge in [-0.25, -0.2) is 4.39 Å². The van der Waals surface area contributed by atoms with Crippen LogP contribution >= 0.6 is 23.4 Å². The van der Waals surface area contributed by atoms with Crippen molar-refractivity contribution < 1.29 is 13.9 Å². The number of nitrogens with one attached hydrogen (secondary N) is 1. The normalized spacial score (nSPS) is 24.7. The maximum Gasteiger partial charge on any atom is 0.292 e. The largest absolute Gasteiger partial charge is 0.459 e. The summed E-state index contributed by atoms with van der Waals surface area (Å²) >= 11 is 7.61. The topological polar surface area (TPSA) is 53.4 Å². The van der Waals surface area contributed by atoms with Crippen molar-refractivity contribution in [2.45, 2.75) is 18.6 Å². The summed E-state index contributed by atoms with van der Waals surface area (Å²) in [5.41, 5.74) is 0.168. The van der Waals surface area contributed by atoms with Crippen LogP contribution in [0.4, 0.5) is 4.39 Å². The molecule has 1 N–H and O–H groups in total. The Morgan fingerprint density at radius 1 is 1.55 bits per heavy atom. The highest BCUT2D eigenvalue weighted by molar-refractivity contribution is 7.99. The Bertz CT molecular complexity index is 563. The molecule has 7 heteroatoms. The summed E-state index contributed by atoms with van der Waals surface area (Å²) in [5, 5.41) is 7.98. The summed E-state index contributed by atoms with van der Waals surface area (Å²) < 4.78 is 19.1. The molecule has 2 atom stereocenters. The van der Waals surface area contributed by atoms with E-state index >= 15 is 0 Å². The van der Waals surface area contributed by atoms with Crippen LogP contribution in [-0.2, 0) is 16.0 Å². The van der Waals surface area contributed by atoms with Gasteiger partial charge < -0.3 is 4.74 Å². The van der Waals surface area contributed by atoms with E-state index in [0.717, 1.165) is 11.5 Å². The first-order chi connectivity index (χ1) is 9.58. The van der Waals surface area contributed by atoms with Gasteiger partial charge in [-0.2, -0.15) is 11.8 Å². The van der Waals surface area contributed by atoms with Crippen molar-refractivity contribution in [3.8, 4) is 0 Å². The fourth-order valence-electron chi connectivity index (χ4n) is 2.46. The molecule has 1 amide bonds. The summed E-state index contributed by atoms with van der Waals surface area (Å²) in [6.45, 7) is 0. The number of amides is 1. The van der Waals surface area contributed by atoms with E-state index in [1.807, 2.05) is 0 Å². The van der Waals surface area contributed by atoms with Gasteiger partial charge in [0, 0.05) is 22.1 Å². The molecule has 2 aliphatic rings. The number of benzene rings is 1. The number of halogens is 2. The van der Waals surface area contributed by atoms with Gasteiger partial charge in [-0.15, -0.1) is 0 Å². The van der Waals surface area contributed by atoms with Crippen molar-refractivity contribution in [1.29, 1.82) is 5.41 Å². The molecule has 2 saturated heterocycles. The average molecular weight is 315 g/mol. The van der Waals surface area contributed by atoms with Crippen molar-refractivity contribution in [1.82, 2.24) is 4.90 Å². The number of nitrogens with zero attached hydrogens (tertiary/aromatic N) is 1. The number of ether oxygens (including phenoxy) is 1. The number of hydrogen-bond acceptors (Lipinski definition) is 4. The van der Waals surface area contributed by atoms with Crippen LogP contribution in [0.2, 0.25) is 5.02 Å². The van der Waals surface area contributed by atoms with E-state index in [-0.39, 0.29) is 41.1 Å². The molecular formula is C13H12ClFN2O2S. The Balaban J connectivity index is 1.81. The van der Waals surface area contributed by atoms with E-state index in [1.165, 1.54) is 17.0 Å². The first-order valence-electron chi connectivity index (χ1n) is 6.16. The second-order valence-corrected chi connectivity index (χ2v) is 6.19. The van der Waals surface area contributed by atoms with Crippen LogP contribution in [0.5, 0.6) is 0 Å². The Morgan fingerprint density at radius 2 is 2.35 bits per heavy atom. The number of carbonyl (C=O) groups is 1.